The molecular weight excluding hydrogens is 172 g/mol. The van der Waals surface area contributed by atoms with Crippen molar-refractivity contribution in [1.82, 2.24) is 15.5 Å². The molecule has 13 heavy (non-hydrogen) atoms. The second-order valence-corrected chi connectivity index (χ2v) is 3.26. The van der Waals surface area contributed by atoms with Crippen molar-refractivity contribution in [3.05, 3.63) is 21.9 Å². The fourth-order valence-corrected chi connectivity index (χ4v) is 1.01. The summed E-state index contributed by atoms with van der Waals surface area (Å²) in [6, 6.07) is 0. The molecule has 0 bridgehead atoms. The second-order valence-electron chi connectivity index (χ2n) is 3.26. The Kier molecular flexibility index (Phi) is 2.33. The number of hydrogen-bond acceptors (Lipinski definition) is 4. The minimum absolute atomic E-state index is 0.0562. The lowest BCUT2D eigenvalue weighted by atomic mass is 9.97. The highest BCUT2D eigenvalue weighted by molar-refractivity contribution is 5.35. The van der Waals surface area contributed by atoms with Crippen molar-refractivity contribution in [3.63, 3.8) is 0 Å². The van der Waals surface area contributed by atoms with E-state index in [1.807, 2.05) is 13.8 Å². The normalized spacial score (nSPS) is 11.6. The van der Waals surface area contributed by atoms with E-state index in [0.29, 0.717) is 5.56 Å². The van der Waals surface area contributed by atoms with E-state index in [1.165, 1.54) is 6.20 Å². The Morgan fingerprint density at radius 2 is 2.31 bits per heavy atom. The zero-order chi connectivity index (χ0) is 10.1. The molecule has 0 unspecified atom stereocenters. The Balaban J connectivity index is 3.14. The number of nitrogens with one attached hydrogen (secondary N) is 2. The molecular formula is C7H12N4O2. The summed E-state index contributed by atoms with van der Waals surface area (Å²) in [5, 5.41) is 19.5. The van der Waals surface area contributed by atoms with Gasteiger partial charge in [0.25, 0.3) is 0 Å². The van der Waals surface area contributed by atoms with Crippen LogP contribution in [0.2, 0.25) is 0 Å². The molecule has 0 aromatic carbocycles. The number of rotatable bonds is 3. The standard InChI is InChI=1S/C7H12N4O2/c1-7(2,8-3)5-4-9-10-6(5)11(12)13/h4,8H,1-3H3,(H,9,10). The highest BCUT2D eigenvalue weighted by Crippen LogP contribution is 2.26. The van der Waals surface area contributed by atoms with Gasteiger partial charge in [-0.2, -0.15) is 0 Å². The maximum Gasteiger partial charge on any atom is 0.347 e. The van der Waals surface area contributed by atoms with Gasteiger partial charge in [0, 0.05) is 5.54 Å². The van der Waals surface area contributed by atoms with Gasteiger partial charge in [0.1, 0.15) is 0 Å². The number of aromatic amines is 1. The molecule has 2 N–H and O–H groups in total. The molecule has 6 heteroatoms. The first-order valence-electron chi connectivity index (χ1n) is 3.86. The Hall–Kier alpha value is -1.43. The fraction of sp³-hybridized carbons (Fsp3) is 0.571. The van der Waals surface area contributed by atoms with Crippen molar-refractivity contribution in [2.45, 2.75) is 19.4 Å². The van der Waals surface area contributed by atoms with Crippen LogP contribution in [0.1, 0.15) is 19.4 Å². The predicted octanol–water partition coefficient (Wildman–Crippen LogP) is 0.772. The van der Waals surface area contributed by atoms with Gasteiger partial charge in [0.05, 0.1) is 11.8 Å². The molecule has 0 amide bonds. The molecule has 1 rings (SSSR count). The van der Waals surface area contributed by atoms with E-state index in [1.54, 1.807) is 7.05 Å². The van der Waals surface area contributed by atoms with Gasteiger partial charge in [0.15, 0.2) is 0 Å². The van der Waals surface area contributed by atoms with Crippen LogP contribution in [0.4, 0.5) is 5.82 Å². The average Bonchev–Trinajstić information content (AvgIpc) is 2.52. The number of hydrogen-bond donors (Lipinski definition) is 2. The first-order valence-corrected chi connectivity index (χ1v) is 3.86. The Morgan fingerprint density at radius 1 is 1.69 bits per heavy atom. The Bertz CT molecular complexity index is 318. The third-order valence-electron chi connectivity index (χ3n) is 2.10. The number of nitro groups is 1. The van der Waals surface area contributed by atoms with Gasteiger partial charge in [-0.15, -0.1) is 5.10 Å². The van der Waals surface area contributed by atoms with Crippen molar-refractivity contribution >= 4 is 5.82 Å². The van der Waals surface area contributed by atoms with Gasteiger partial charge in [-0.3, -0.25) is 0 Å². The van der Waals surface area contributed by atoms with Crippen molar-refractivity contribution in [1.29, 1.82) is 0 Å². The maximum atomic E-state index is 10.6. The molecule has 0 aliphatic rings. The maximum absolute atomic E-state index is 10.6. The second kappa shape index (κ2) is 3.14. The van der Waals surface area contributed by atoms with E-state index in [0.717, 1.165) is 0 Å². The number of nitrogens with zero attached hydrogens (tertiary/aromatic N) is 2. The van der Waals surface area contributed by atoms with Crippen molar-refractivity contribution < 1.29 is 4.92 Å². The summed E-state index contributed by atoms with van der Waals surface area (Å²) in [6.45, 7) is 3.70. The molecule has 72 valence electrons. The molecule has 0 saturated carbocycles. The van der Waals surface area contributed by atoms with Gasteiger partial charge in [-0.1, -0.05) is 5.10 Å². The van der Waals surface area contributed by atoms with Gasteiger partial charge in [-0.25, -0.2) is 0 Å². The van der Waals surface area contributed by atoms with Crippen molar-refractivity contribution in [2.24, 2.45) is 0 Å². The Labute approximate surface area is 75.5 Å². The number of H-pyrrole nitrogens is 1. The molecule has 0 saturated heterocycles. The molecule has 1 aromatic heterocycles. The first kappa shape index (κ1) is 9.66. The molecule has 1 aromatic rings. The largest absolute Gasteiger partial charge is 0.358 e. The lowest BCUT2D eigenvalue weighted by Crippen LogP contribution is -2.33. The summed E-state index contributed by atoms with van der Waals surface area (Å²) >= 11 is 0. The van der Waals surface area contributed by atoms with Gasteiger partial charge >= 0.3 is 5.82 Å². The summed E-state index contributed by atoms with van der Waals surface area (Å²) in [7, 11) is 1.75. The van der Waals surface area contributed by atoms with E-state index in [2.05, 4.69) is 15.5 Å². The highest BCUT2D eigenvalue weighted by atomic mass is 16.6. The van der Waals surface area contributed by atoms with Crippen LogP contribution >= 0.6 is 0 Å². The highest BCUT2D eigenvalue weighted by Gasteiger charge is 2.28. The van der Waals surface area contributed by atoms with Gasteiger partial charge < -0.3 is 15.4 Å². The lowest BCUT2D eigenvalue weighted by Gasteiger charge is -2.21. The van der Waals surface area contributed by atoms with E-state index >= 15 is 0 Å². The average molecular weight is 184 g/mol. The van der Waals surface area contributed by atoms with Gasteiger partial charge in [0.2, 0.25) is 0 Å². The van der Waals surface area contributed by atoms with Crippen LogP contribution in [0, 0.1) is 10.1 Å². The summed E-state index contributed by atoms with van der Waals surface area (Å²) in [4.78, 5) is 10.1. The molecule has 0 spiro atoms. The number of aromatic nitrogens is 2. The van der Waals surface area contributed by atoms with Crippen molar-refractivity contribution in [2.75, 3.05) is 7.05 Å². The van der Waals surface area contributed by atoms with Crippen molar-refractivity contribution in [3.8, 4) is 0 Å². The molecule has 0 atom stereocenters. The summed E-state index contributed by atoms with van der Waals surface area (Å²) in [6.07, 6.45) is 1.47. The fourth-order valence-electron chi connectivity index (χ4n) is 1.01. The topological polar surface area (TPSA) is 83.8 Å². The molecule has 6 nitrogen and oxygen atoms in total. The monoisotopic (exact) mass is 184 g/mol. The van der Waals surface area contributed by atoms with E-state index < -0.39 is 10.5 Å². The van der Waals surface area contributed by atoms with Crippen LogP contribution in [0.15, 0.2) is 6.20 Å². The first-order chi connectivity index (χ1) is 5.99. The van der Waals surface area contributed by atoms with Crippen LogP contribution in [0.3, 0.4) is 0 Å². The molecule has 0 aliphatic heterocycles. The molecule has 0 radical (unpaired) electrons. The van der Waals surface area contributed by atoms with Gasteiger partial charge in [-0.05, 0) is 25.8 Å². The van der Waals surface area contributed by atoms with Crippen LogP contribution in [0.25, 0.3) is 0 Å². The van der Waals surface area contributed by atoms with E-state index in [4.69, 9.17) is 0 Å². The third-order valence-corrected chi connectivity index (χ3v) is 2.10. The molecule has 1 heterocycles. The van der Waals surface area contributed by atoms with E-state index in [-0.39, 0.29) is 5.82 Å². The zero-order valence-electron chi connectivity index (χ0n) is 7.79. The minimum atomic E-state index is -0.471. The lowest BCUT2D eigenvalue weighted by molar-refractivity contribution is -0.390. The third kappa shape index (κ3) is 1.67. The van der Waals surface area contributed by atoms with Crippen LogP contribution in [0.5, 0.6) is 0 Å². The predicted molar refractivity (Wildman–Crippen MR) is 47.3 cm³/mol. The SMILES string of the molecule is CNC(C)(C)c1cn[nH]c1[N+](=O)[O-]. The molecule has 0 aliphatic carbocycles. The van der Waals surface area contributed by atoms with Crippen LogP contribution in [-0.2, 0) is 5.54 Å². The minimum Gasteiger partial charge on any atom is -0.358 e. The smallest absolute Gasteiger partial charge is 0.347 e. The quantitative estimate of drug-likeness (QED) is 0.537. The summed E-state index contributed by atoms with van der Waals surface area (Å²) in [5.74, 6) is -0.0562. The zero-order valence-corrected chi connectivity index (χ0v) is 7.79. The van der Waals surface area contributed by atoms with E-state index in [9.17, 15) is 10.1 Å². The summed E-state index contributed by atoms with van der Waals surface area (Å²) in [5.41, 5.74) is 0.107. The molecule has 0 fully saturated rings. The van der Waals surface area contributed by atoms with Crippen LogP contribution in [-0.4, -0.2) is 22.2 Å². The summed E-state index contributed by atoms with van der Waals surface area (Å²) < 4.78 is 0. The Morgan fingerprint density at radius 3 is 2.77 bits per heavy atom. The van der Waals surface area contributed by atoms with Crippen LogP contribution < -0.4 is 5.32 Å².